The van der Waals surface area contributed by atoms with Crippen LogP contribution in [0.4, 0.5) is 4.39 Å². The number of hydrogen-bond acceptors (Lipinski definition) is 3. The minimum absolute atomic E-state index is 0.144. The molecule has 3 rings (SSSR count). The van der Waals surface area contributed by atoms with Gasteiger partial charge in [-0.05, 0) is 30.7 Å². The molecular weight excluding hydrogens is 309 g/mol. The second-order valence-corrected chi connectivity index (χ2v) is 6.03. The number of hydrogen-bond donors (Lipinski definition) is 1. The molecule has 1 atom stereocenters. The Morgan fingerprint density at radius 2 is 1.96 bits per heavy atom. The highest BCUT2D eigenvalue weighted by Crippen LogP contribution is 2.31. The number of aliphatic carboxylic acids is 1. The number of rotatable bonds is 6. The van der Waals surface area contributed by atoms with Crippen LogP contribution in [0.1, 0.15) is 23.5 Å². The molecule has 5 heteroatoms. The summed E-state index contributed by atoms with van der Waals surface area (Å²) in [6, 6.07) is 14.4. The first kappa shape index (κ1) is 16.5. The molecule has 0 aliphatic carbocycles. The standard InChI is InChI=1S/C19H20FNO3/c20-17-7-3-2-6-16(17)14-9-10-21(11-14)12-15-5-1-4-8-18(15)24-13-19(22)23/h1-8,14H,9-13H2,(H,22,23). The molecule has 1 aliphatic heterocycles. The van der Waals surface area contributed by atoms with Gasteiger partial charge in [-0.25, -0.2) is 9.18 Å². The van der Waals surface area contributed by atoms with Crippen LogP contribution < -0.4 is 4.74 Å². The molecule has 2 aromatic rings. The maximum atomic E-state index is 13.9. The van der Waals surface area contributed by atoms with E-state index >= 15 is 0 Å². The first-order chi connectivity index (χ1) is 11.6. The molecule has 126 valence electrons. The van der Waals surface area contributed by atoms with Crippen molar-refractivity contribution >= 4 is 5.97 Å². The monoisotopic (exact) mass is 329 g/mol. The van der Waals surface area contributed by atoms with E-state index in [1.807, 2.05) is 30.3 Å². The summed E-state index contributed by atoms with van der Waals surface area (Å²) in [4.78, 5) is 12.9. The van der Waals surface area contributed by atoms with E-state index in [4.69, 9.17) is 9.84 Å². The van der Waals surface area contributed by atoms with Crippen LogP contribution in [-0.4, -0.2) is 35.7 Å². The molecule has 1 unspecified atom stereocenters. The zero-order valence-electron chi connectivity index (χ0n) is 13.3. The molecule has 0 radical (unpaired) electrons. The number of halogens is 1. The summed E-state index contributed by atoms with van der Waals surface area (Å²) in [7, 11) is 0. The van der Waals surface area contributed by atoms with E-state index in [1.54, 1.807) is 12.1 Å². The second-order valence-electron chi connectivity index (χ2n) is 6.03. The van der Waals surface area contributed by atoms with Crippen LogP contribution >= 0.6 is 0 Å². The second kappa shape index (κ2) is 7.45. The number of carboxylic acid groups (broad SMARTS) is 1. The molecule has 2 aromatic carbocycles. The molecule has 0 spiro atoms. The van der Waals surface area contributed by atoms with Gasteiger partial charge in [0, 0.05) is 24.6 Å². The summed E-state index contributed by atoms with van der Waals surface area (Å²) in [5, 5.41) is 8.77. The van der Waals surface area contributed by atoms with Crippen LogP contribution in [0.2, 0.25) is 0 Å². The zero-order valence-corrected chi connectivity index (χ0v) is 13.3. The van der Waals surface area contributed by atoms with E-state index in [0.29, 0.717) is 12.3 Å². The number of nitrogens with zero attached hydrogens (tertiary/aromatic N) is 1. The summed E-state index contributed by atoms with van der Waals surface area (Å²) >= 11 is 0. The van der Waals surface area contributed by atoms with Crippen molar-refractivity contribution < 1.29 is 19.0 Å². The number of likely N-dealkylation sites (tertiary alicyclic amines) is 1. The molecule has 4 nitrogen and oxygen atoms in total. The fourth-order valence-electron chi connectivity index (χ4n) is 3.19. The van der Waals surface area contributed by atoms with E-state index in [1.165, 1.54) is 6.07 Å². The van der Waals surface area contributed by atoms with Crippen molar-refractivity contribution in [1.82, 2.24) is 4.90 Å². The Morgan fingerprint density at radius 1 is 1.21 bits per heavy atom. The van der Waals surface area contributed by atoms with Crippen LogP contribution in [-0.2, 0) is 11.3 Å². The number of para-hydroxylation sites is 1. The van der Waals surface area contributed by atoms with Gasteiger partial charge in [0.05, 0.1) is 0 Å². The Hall–Kier alpha value is -2.40. The summed E-state index contributed by atoms with van der Waals surface area (Å²) in [5.74, 6) is -0.354. The van der Waals surface area contributed by atoms with Crippen LogP contribution in [0, 0.1) is 5.82 Å². The van der Waals surface area contributed by atoms with Crippen LogP contribution in [0.5, 0.6) is 5.75 Å². The highest BCUT2D eigenvalue weighted by Gasteiger charge is 2.26. The maximum absolute atomic E-state index is 13.9. The number of ether oxygens (including phenoxy) is 1. The molecule has 0 aromatic heterocycles. The minimum Gasteiger partial charge on any atom is -0.482 e. The fourth-order valence-corrected chi connectivity index (χ4v) is 3.19. The third-order valence-corrected chi connectivity index (χ3v) is 4.34. The molecule has 24 heavy (non-hydrogen) atoms. The average molecular weight is 329 g/mol. The summed E-state index contributed by atoms with van der Waals surface area (Å²) in [6.45, 7) is 1.98. The molecule has 1 fully saturated rings. The van der Waals surface area contributed by atoms with Crippen LogP contribution in [0.25, 0.3) is 0 Å². The van der Waals surface area contributed by atoms with Crippen molar-refractivity contribution in [1.29, 1.82) is 0 Å². The summed E-state index contributed by atoms with van der Waals surface area (Å²) in [6.07, 6.45) is 0.916. The Bertz CT molecular complexity index is 719. The van der Waals surface area contributed by atoms with Crippen molar-refractivity contribution in [3.05, 3.63) is 65.5 Å². The van der Waals surface area contributed by atoms with Gasteiger partial charge in [-0.15, -0.1) is 0 Å². The van der Waals surface area contributed by atoms with Crippen molar-refractivity contribution in [2.45, 2.75) is 18.9 Å². The average Bonchev–Trinajstić information content (AvgIpc) is 3.03. The van der Waals surface area contributed by atoms with E-state index in [0.717, 1.165) is 30.6 Å². The Balaban J connectivity index is 1.66. The van der Waals surface area contributed by atoms with Gasteiger partial charge >= 0.3 is 5.97 Å². The lowest BCUT2D eigenvalue weighted by Gasteiger charge is -2.18. The van der Waals surface area contributed by atoms with Gasteiger partial charge in [-0.3, -0.25) is 4.90 Å². The largest absolute Gasteiger partial charge is 0.482 e. The third-order valence-electron chi connectivity index (χ3n) is 4.34. The molecule has 0 bridgehead atoms. The topological polar surface area (TPSA) is 49.8 Å². The molecule has 0 amide bonds. The van der Waals surface area contributed by atoms with Crippen molar-refractivity contribution in [3.8, 4) is 5.75 Å². The third kappa shape index (κ3) is 3.92. The van der Waals surface area contributed by atoms with Gasteiger partial charge in [0.2, 0.25) is 0 Å². The SMILES string of the molecule is O=C(O)COc1ccccc1CN1CCC(c2ccccc2F)C1. The predicted molar refractivity (Wildman–Crippen MR) is 88.6 cm³/mol. The number of benzene rings is 2. The molecular formula is C19H20FNO3. The molecule has 1 saturated heterocycles. The first-order valence-corrected chi connectivity index (χ1v) is 8.03. The quantitative estimate of drug-likeness (QED) is 0.884. The Labute approximate surface area is 140 Å². The maximum Gasteiger partial charge on any atom is 0.341 e. The van der Waals surface area contributed by atoms with E-state index < -0.39 is 5.97 Å². The smallest absolute Gasteiger partial charge is 0.341 e. The number of carboxylic acids is 1. The minimum atomic E-state index is -0.995. The summed E-state index contributed by atoms with van der Waals surface area (Å²) in [5.41, 5.74) is 1.73. The molecule has 0 saturated carbocycles. The van der Waals surface area contributed by atoms with E-state index in [2.05, 4.69) is 4.90 Å². The zero-order chi connectivity index (χ0) is 16.9. The highest BCUT2D eigenvalue weighted by molar-refractivity contribution is 5.68. The number of carbonyl (C=O) groups is 1. The lowest BCUT2D eigenvalue weighted by Crippen LogP contribution is -2.21. The van der Waals surface area contributed by atoms with Gasteiger partial charge in [0.15, 0.2) is 6.61 Å². The van der Waals surface area contributed by atoms with Crippen LogP contribution in [0.3, 0.4) is 0 Å². The van der Waals surface area contributed by atoms with Gasteiger partial charge in [-0.2, -0.15) is 0 Å². The Morgan fingerprint density at radius 3 is 2.75 bits per heavy atom. The fraction of sp³-hybridized carbons (Fsp3) is 0.316. The van der Waals surface area contributed by atoms with Crippen LogP contribution in [0.15, 0.2) is 48.5 Å². The van der Waals surface area contributed by atoms with Crippen molar-refractivity contribution in [2.75, 3.05) is 19.7 Å². The predicted octanol–water partition coefficient (Wildman–Crippen LogP) is 3.28. The molecule has 1 aliphatic rings. The molecule has 1 heterocycles. The molecule has 1 N–H and O–H groups in total. The van der Waals surface area contributed by atoms with E-state index in [9.17, 15) is 9.18 Å². The lowest BCUT2D eigenvalue weighted by molar-refractivity contribution is -0.139. The highest BCUT2D eigenvalue weighted by atomic mass is 19.1. The van der Waals surface area contributed by atoms with Gasteiger partial charge in [-0.1, -0.05) is 36.4 Å². The van der Waals surface area contributed by atoms with Crippen molar-refractivity contribution in [2.24, 2.45) is 0 Å². The van der Waals surface area contributed by atoms with Gasteiger partial charge < -0.3 is 9.84 Å². The van der Waals surface area contributed by atoms with E-state index in [-0.39, 0.29) is 18.3 Å². The van der Waals surface area contributed by atoms with Gasteiger partial charge in [0.25, 0.3) is 0 Å². The first-order valence-electron chi connectivity index (χ1n) is 8.03. The van der Waals surface area contributed by atoms with Gasteiger partial charge in [0.1, 0.15) is 11.6 Å². The Kier molecular flexibility index (Phi) is 5.11. The normalized spacial score (nSPS) is 17.8. The summed E-state index contributed by atoms with van der Waals surface area (Å²) < 4.78 is 19.3. The lowest BCUT2D eigenvalue weighted by atomic mass is 9.98. The van der Waals surface area contributed by atoms with Crippen molar-refractivity contribution in [3.63, 3.8) is 0 Å².